The van der Waals surface area contributed by atoms with Gasteiger partial charge in [0.05, 0.1) is 12.0 Å². The normalized spacial score (nSPS) is 10.6. The van der Waals surface area contributed by atoms with E-state index in [9.17, 15) is 14.4 Å². The summed E-state index contributed by atoms with van der Waals surface area (Å²) in [6.07, 6.45) is 0. The number of esters is 2. The van der Waals surface area contributed by atoms with Crippen LogP contribution in [0.15, 0.2) is 28.7 Å². The predicted octanol–water partition coefficient (Wildman–Crippen LogP) is 1.51. The second kappa shape index (κ2) is 9.11. The van der Waals surface area contributed by atoms with Gasteiger partial charge in [-0.3, -0.25) is 4.79 Å². The Bertz CT molecular complexity index is 1160. The van der Waals surface area contributed by atoms with Crippen LogP contribution in [-0.2, 0) is 20.9 Å². The van der Waals surface area contributed by atoms with E-state index in [4.69, 9.17) is 30.1 Å². The van der Waals surface area contributed by atoms with Crippen LogP contribution in [0.2, 0.25) is 0 Å². The Hall–Kier alpha value is -4.15. The van der Waals surface area contributed by atoms with Crippen LogP contribution in [0.3, 0.4) is 0 Å². The molecule has 0 atom stereocenters. The molecular weight excluding hydrogens is 408 g/mol. The first kappa shape index (κ1) is 21.6. The van der Waals surface area contributed by atoms with Gasteiger partial charge in [-0.1, -0.05) is 12.1 Å². The third kappa shape index (κ3) is 4.71. The highest BCUT2D eigenvalue weighted by molar-refractivity contribution is 6.07. The quantitative estimate of drug-likeness (QED) is 0.501. The standard InChI is InChI=1S/C20H20N4O7/c1-3-28-20(27)15-10(2)31-18-16(15)17(22)23-14(24-18)9-30-19(26)11-6-4-5-7-12(11)29-8-13(21)25/h4-7H,3,8-9H2,1-2H3,(H2,21,25)(H2,22,23,24). The Balaban J connectivity index is 1.80. The molecule has 0 saturated heterocycles. The van der Waals surface area contributed by atoms with Crippen molar-refractivity contribution < 1.29 is 33.0 Å². The second-order valence-electron chi connectivity index (χ2n) is 6.29. The van der Waals surface area contributed by atoms with E-state index in [1.807, 2.05) is 0 Å². The molecule has 0 saturated carbocycles. The summed E-state index contributed by atoms with van der Waals surface area (Å²) in [7, 11) is 0. The number of furan rings is 1. The number of aryl methyl sites for hydroxylation is 1. The smallest absolute Gasteiger partial charge is 0.342 e. The molecule has 31 heavy (non-hydrogen) atoms. The third-order valence-electron chi connectivity index (χ3n) is 4.09. The molecule has 2 heterocycles. The maximum Gasteiger partial charge on any atom is 0.342 e. The van der Waals surface area contributed by atoms with Crippen molar-refractivity contribution in [3.05, 3.63) is 47.0 Å². The molecular formula is C20H20N4O7. The number of carbonyl (C=O) groups is 3. The van der Waals surface area contributed by atoms with Crippen molar-refractivity contribution in [2.75, 3.05) is 18.9 Å². The molecule has 3 rings (SSSR count). The van der Waals surface area contributed by atoms with Crippen LogP contribution in [0.5, 0.6) is 5.75 Å². The molecule has 0 fully saturated rings. The maximum absolute atomic E-state index is 12.5. The number of benzene rings is 1. The number of anilines is 1. The topological polar surface area (TPSA) is 170 Å². The van der Waals surface area contributed by atoms with Gasteiger partial charge in [-0.05, 0) is 26.0 Å². The Kier molecular flexibility index (Phi) is 6.34. The molecule has 0 unspecified atom stereocenters. The van der Waals surface area contributed by atoms with Gasteiger partial charge in [-0.25, -0.2) is 14.6 Å². The largest absolute Gasteiger partial charge is 0.483 e. The average molecular weight is 428 g/mol. The van der Waals surface area contributed by atoms with Gasteiger partial charge < -0.3 is 30.1 Å². The molecule has 4 N–H and O–H groups in total. The first-order valence-electron chi connectivity index (χ1n) is 9.21. The zero-order valence-electron chi connectivity index (χ0n) is 16.8. The van der Waals surface area contributed by atoms with E-state index in [2.05, 4.69) is 9.97 Å². The van der Waals surface area contributed by atoms with E-state index in [0.29, 0.717) is 0 Å². The molecule has 1 aromatic carbocycles. The lowest BCUT2D eigenvalue weighted by atomic mass is 10.2. The highest BCUT2D eigenvalue weighted by Crippen LogP contribution is 2.29. The highest BCUT2D eigenvalue weighted by atomic mass is 16.5. The Labute approximate surface area is 176 Å². The number of nitrogen functional groups attached to an aromatic ring is 1. The Morgan fingerprint density at radius 2 is 1.84 bits per heavy atom. The molecule has 3 aromatic rings. The van der Waals surface area contributed by atoms with Crippen LogP contribution in [-0.4, -0.2) is 41.0 Å². The first-order valence-corrected chi connectivity index (χ1v) is 9.21. The minimum atomic E-state index is -0.731. The number of carbonyl (C=O) groups excluding carboxylic acids is 3. The molecule has 11 nitrogen and oxygen atoms in total. The van der Waals surface area contributed by atoms with Gasteiger partial charge in [0.2, 0.25) is 5.71 Å². The molecule has 0 aliphatic carbocycles. The number of aromatic nitrogens is 2. The SMILES string of the molecule is CCOC(=O)c1c(C)oc2nc(COC(=O)c3ccccc3OCC(N)=O)nc(N)c12. The number of hydrogen-bond acceptors (Lipinski definition) is 10. The number of nitrogens with two attached hydrogens (primary N) is 2. The zero-order valence-corrected chi connectivity index (χ0v) is 16.8. The number of primary amides is 1. The minimum Gasteiger partial charge on any atom is -0.483 e. The lowest BCUT2D eigenvalue weighted by Crippen LogP contribution is -2.21. The summed E-state index contributed by atoms with van der Waals surface area (Å²) >= 11 is 0. The van der Waals surface area contributed by atoms with Crippen LogP contribution < -0.4 is 16.2 Å². The molecule has 0 spiro atoms. The summed E-state index contributed by atoms with van der Waals surface area (Å²) in [5.74, 6) is -1.53. The van der Waals surface area contributed by atoms with Crippen molar-refractivity contribution in [1.29, 1.82) is 0 Å². The van der Waals surface area contributed by atoms with Crippen LogP contribution in [0.25, 0.3) is 11.1 Å². The van der Waals surface area contributed by atoms with Gasteiger partial charge in [0.1, 0.15) is 28.5 Å². The van der Waals surface area contributed by atoms with Crippen molar-refractivity contribution in [2.45, 2.75) is 20.5 Å². The molecule has 0 radical (unpaired) electrons. The maximum atomic E-state index is 12.5. The van der Waals surface area contributed by atoms with E-state index < -0.39 is 17.8 Å². The molecule has 2 aromatic heterocycles. The summed E-state index contributed by atoms with van der Waals surface area (Å²) in [6, 6.07) is 6.21. The number of fused-ring (bicyclic) bond motifs is 1. The molecule has 0 aliphatic heterocycles. The summed E-state index contributed by atoms with van der Waals surface area (Å²) < 4.78 is 21.0. The van der Waals surface area contributed by atoms with Crippen molar-refractivity contribution >= 4 is 34.8 Å². The minimum absolute atomic E-state index is 0.0128. The summed E-state index contributed by atoms with van der Waals surface area (Å²) in [4.78, 5) is 43.8. The van der Waals surface area contributed by atoms with Crippen molar-refractivity contribution in [2.24, 2.45) is 5.73 Å². The van der Waals surface area contributed by atoms with Crippen LogP contribution in [0.1, 0.15) is 39.2 Å². The lowest BCUT2D eigenvalue weighted by Gasteiger charge is -2.10. The lowest BCUT2D eigenvalue weighted by molar-refractivity contribution is -0.119. The fourth-order valence-corrected chi connectivity index (χ4v) is 2.82. The van der Waals surface area contributed by atoms with Crippen molar-refractivity contribution in [3.63, 3.8) is 0 Å². The van der Waals surface area contributed by atoms with E-state index in [-0.39, 0.29) is 65.2 Å². The number of para-hydroxylation sites is 1. The molecule has 1 amide bonds. The zero-order chi connectivity index (χ0) is 22.5. The third-order valence-corrected chi connectivity index (χ3v) is 4.09. The molecule has 0 aliphatic rings. The van der Waals surface area contributed by atoms with Gasteiger partial charge in [0.25, 0.3) is 5.91 Å². The number of rotatable bonds is 8. The van der Waals surface area contributed by atoms with Gasteiger partial charge >= 0.3 is 11.9 Å². The predicted molar refractivity (Wildman–Crippen MR) is 107 cm³/mol. The summed E-state index contributed by atoms with van der Waals surface area (Å²) in [6.45, 7) is 2.73. The second-order valence-corrected chi connectivity index (χ2v) is 6.29. The highest BCUT2D eigenvalue weighted by Gasteiger charge is 2.24. The number of hydrogen-bond donors (Lipinski definition) is 2. The number of nitrogens with zero attached hydrogens (tertiary/aromatic N) is 2. The molecule has 162 valence electrons. The van der Waals surface area contributed by atoms with E-state index in [0.717, 1.165) is 0 Å². The monoisotopic (exact) mass is 428 g/mol. The van der Waals surface area contributed by atoms with Gasteiger partial charge in [0, 0.05) is 0 Å². The fraction of sp³-hybridized carbons (Fsp3) is 0.250. The summed E-state index contributed by atoms with van der Waals surface area (Å²) in [5.41, 5.74) is 11.4. The van der Waals surface area contributed by atoms with E-state index in [1.54, 1.807) is 26.0 Å². The number of amides is 1. The van der Waals surface area contributed by atoms with E-state index in [1.165, 1.54) is 12.1 Å². The van der Waals surface area contributed by atoms with Gasteiger partial charge in [-0.15, -0.1) is 0 Å². The fourth-order valence-electron chi connectivity index (χ4n) is 2.82. The molecule has 0 bridgehead atoms. The van der Waals surface area contributed by atoms with Gasteiger partial charge in [-0.2, -0.15) is 4.98 Å². The van der Waals surface area contributed by atoms with Crippen LogP contribution >= 0.6 is 0 Å². The molecule has 11 heteroatoms. The van der Waals surface area contributed by atoms with Gasteiger partial charge in [0.15, 0.2) is 19.0 Å². The van der Waals surface area contributed by atoms with Crippen molar-refractivity contribution in [1.82, 2.24) is 9.97 Å². The van der Waals surface area contributed by atoms with Crippen molar-refractivity contribution in [3.8, 4) is 5.75 Å². The average Bonchev–Trinajstić information content (AvgIpc) is 3.07. The van der Waals surface area contributed by atoms with E-state index >= 15 is 0 Å². The first-order chi connectivity index (χ1) is 14.8. The van der Waals surface area contributed by atoms with Crippen LogP contribution in [0.4, 0.5) is 5.82 Å². The van der Waals surface area contributed by atoms with Crippen LogP contribution in [0, 0.1) is 6.92 Å². The number of ether oxygens (including phenoxy) is 3. The summed E-state index contributed by atoms with van der Waals surface area (Å²) in [5, 5.41) is 0.233. The Morgan fingerprint density at radius 3 is 2.55 bits per heavy atom. The Morgan fingerprint density at radius 1 is 1.10 bits per heavy atom.